The van der Waals surface area contributed by atoms with Crippen molar-refractivity contribution in [1.82, 2.24) is 9.80 Å². The van der Waals surface area contributed by atoms with Crippen LogP contribution in [0, 0.1) is 24.6 Å². The molecule has 0 N–H and O–H groups in total. The molecule has 1 amide bonds. The van der Waals surface area contributed by atoms with Crippen molar-refractivity contribution in [1.29, 1.82) is 0 Å². The molecule has 2 aromatic rings. The zero-order chi connectivity index (χ0) is 22.4. The number of amides is 1. The second-order valence-electron chi connectivity index (χ2n) is 9.03. The summed E-state index contributed by atoms with van der Waals surface area (Å²) < 4.78 is 18.8. The van der Waals surface area contributed by atoms with Gasteiger partial charge in [0.25, 0.3) is 0 Å². The third-order valence-corrected chi connectivity index (χ3v) is 6.17. The van der Waals surface area contributed by atoms with E-state index in [-0.39, 0.29) is 29.5 Å². The highest BCUT2D eigenvalue weighted by molar-refractivity contribution is 5.78. The zero-order valence-electron chi connectivity index (χ0n) is 19.2. The van der Waals surface area contributed by atoms with Gasteiger partial charge in [0.05, 0.1) is 6.61 Å². The largest absolute Gasteiger partial charge is 0.383 e. The first-order valence-electron chi connectivity index (χ1n) is 11.2. The van der Waals surface area contributed by atoms with E-state index in [1.807, 2.05) is 30.9 Å². The van der Waals surface area contributed by atoms with Gasteiger partial charge in [-0.15, -0.1) is 0 Å². The maximum absolute atomic E-state index is 13.5. The van der Waals surface area contributed by atoms with E-state index in [4.69, 9.17) is 4.74 Å². The van der Waals surface area contributed by atoms with Crippen LogP contribution in [0.15, 0.2) is 48.5 Å². The van der Waals surface area contributed by atoms with Crippen molar-refractivity contribution < 1.29 is 13.9 Å². The maximum Gasteiger partial charge on any atom is 0.225 e. The molecule has 2 aromatic carbocycles. The number of hydrogen-bond acceptors (Lipinski definition) is 3. The monoisotopic (exact) mass is 426 g/mol. The molecule has 3 rings (SSSR count). The van der Waals surface area contributed by atoms with E-state index >= 15 is 0 Å². The molecule has 0 unspecified atom stereocenters. The number of hydrogen-bond donors (Lipinski definition) is 0. The molecule has 0 radical (unpaired) electrons. The van der Waals surface area contributed by atoms with Crippen LogP contribution in [0.25, 0.3) is 0 Å². The van der Waals surface area contributed by atoms with Crippen LogP contribution in [0.2, 0.25) is 0 Å². The van der Waals surface area contributed by atoms with Crippen LogP contribution < -0.4 is 0 Å². The standard InChI is InChI=1S/C26H35FN2O2/c1-19(2)26(30)29(13-14-31-4)17-23-16-28(15-21-7-5-20(3)6-8-21)18-25(23)22-9-11-24(27)12-10-22/h5-12,19,23,25H,13-18H2,1-4H3/t23-,25+/m1/s1. The van der Waals surface area contributed by atoms with E-state index in [0.717, 1.165) is 25.2 Å². The summed E-state index contributed by atoms with van der Waals surface area (Å²) in [6, 6.07) is 15.5. The summed E-state index contributed by atoms with van der Waals surface area (Å²) >= 11 is 0. The fraction of sp³-hybridized carbons (Fsp3) is 0.500. The van der Waals surface area contributed by atoms with Crippen LogP contribution in [0.3, 0.4) is 0 Å². The predicted octanol–water partition coefficient (Wildman–Crippen LogP) is 4.48. The third kappa shape index (κ3) is 6.37. The first-order chi connectivity index (χ1) is 14.9. The normalized spacial score (nSPS) is 19.2. The SMILES string of the molecule is COCCN(C[C@H]1CN(Cc2ccc(C)cc2)C[C@H]1c1ccc(F)cc1)C(=O)C(C)C. The van der Waals surface area contributed by atoms with Gasteiger partial charge in [0.15, 0.2) is 0 Å². The lowest BCUT2D eigenvalue weighted by Gasteiger charge is -2.29. The molecule has 1 fully saturated rings. The molecular weight excluding hydrogens is 391 g/mol. The molecule has 1 saturated heterocycles. The Morgan fingerprint density at radius 2 is 1.81 bits per heavy atom. The molecule has 0 saturated carbocycles. The Hall–Kier alpha value is -2.24. The maximum atomic E-state index is 13.5. The summed E-state index contributed by atoms with van der Waals surface area (Å²) in [7, 11) is 1.66. The first kappa shape index (κ1) is 23.4. The molecule has 31 heavy (non-hydrogen) atoms. The van der Waals surface area contributed by atoms with Gasteiger partial charge in [0.2, 0.25) is 5.91 Å². The Morgan fingerprint density at radius 3 is 2.42 bits per heavy atom. The van der Waals surface area contributed by atoms with Crippen molar-refractivity contribution in [3.8, 4) is 0 Å². The van der Waals surface area contributed by atoms with E-state index in [0.29, 0.717) is 19.7 Å². The van der Waals surface area contributed by atoms with Gasteiger partial charge in [-0.1, -0.05) is 55.8 Å². The van der Waals surface area contributed by atoms with Crippen molar-refractivity contribution in [2.45, 2.75) is 33.2 Å². The lowest BCUT2D eigenvalue weighted by Crippen LogP contribution is -2.41. The smallest absolute Gasteiger partial charge is 0.225 e. The van der Waals surface area contributed by atoms with Crippen molar-refractivity contribution in [3.05, 3.63) is 71.0 Å². The Labute approximate surface area is 186 Å². The lowest BCUT2D eigenvalue weighted by atomic mass is 9.88. The molecule has 4 nitrogen and oxygen atoms in total. The van der Waals surface area contributed by atoms with Gasteiger partial charge < -0.3 is 9.64 Å². The van der Waals surface area contributed by atoms with Crippen LogP contribution in [0.1, 0.15) is 36.5 Å². The van der Waals surface area contributed by atoms with E-state index < -0.39 is 0 Å². The molecule has 0 aromatic heterocycles. The highest BCUT2D eigenvalue weighted by Crippen LogP contribution is 2.34. The number of likely N-dealkylation sites (tertiary alicyclic amines) is 1. The summed E-state index contributed by atoms with van der Waals surface area (Å²) in [6.07, 6.45) is 0. The van der Waals surface area contributed by atoms with Gasteiger partial charge >= 0.3 is 0 Å². The average molecular weight is 427 g/mol. The molecular formula is C26H35FN2O2. The van der Waals surface area contributed by atoms with Crippen molar-refractivity contribution in [2.24, 2.45) is 11.8 Å². The van der Waals surface area contributed by atoms with Crippen LogP contribution in [-0.4, -0.2) is 55.6 Å². The van der Waals surface area contributed by atoms with Crippen LogP contribution in [0.4, 0.5) is 4.39 Å². The van der Waals surface area contributed by atoms with Crippen LogP contribution in [-0.2, 0) is 16.1 Å². The second kappa shape index (κ2) is 10.9. The minimum Gasteiger partial charge on any atom is -0.383 e. The molecule has 2 atom stereocenters. The predicted molar refractivity (Wildman–Crippen MR) is 122 cm³/mol. The number of benzene rings is 2. The van der Waals surface area contributed by atoms with Gasteiger partial charge in [-0.3, -0.25) is 9.69 Å². The highest BCUT2D eigenvalue weighted by atomic mass is 19.1. The summed E-state index contributed by atoms with van der Waals surface area (Å²) in [5.41, 5.74) is 3.69. The van der Waals surface area contributed by atoms with Crippen molar-refractivity contribution in [2.75, 3.05) is 39.9 Å². The van der Waals surface area contributed by atoms with Gasteiger partial charge in [-0.25, -0.2) is 4.39 Å². The number of rotatable bonds is 9. The number of nitrogens with zero attached hydrogens (tertiary/aromatic N) is 2. The minimum atomic E-state index is -0.216. The number of ether oxygens (including phenoxy) is 1. The summed E-state index contributed by atoms with van der Waals surface area (Å²) in [5, 5.41) is 0. The molecule has 0 aliphatic carbocycles. The van der Waals surface area contributed by atoms with Crippen LogP contribution >= 0.6 is 0 Å². The molecule has 5 heteroatoms. The Balaban J connectivity index is 1.79. The Kier molecular flexibility index (Phi) is 8.22. The fourth-order valence-electron chi connectivity index (χ4n) is 4.46. The fourth-order valence-corrected chi connectivity index (χ4v) is 4.46. The number of carbonyl (C=O) groups excluding carboxylic acids is 1. The van der Waals surface area contributed by atoms with E-state index in [1.54, 1.807) is 7.11 Å². The molecule has 1 heterocycles. The Morgan fingerprint density at radius 1 is 1.13 bits per heavy atom. The number of carbonyl (C=O) groups is 1. The number of aryl methyl sites for hydroxylation is 1. The van der Waals surface area contributed by atoms with E-state index in [2.05, 4.69) is 36.1 Å². The van der Waals surface area contributed by atoms with Crippen molar-refractivity contribution >= 4 is 5.91 Å². The summed E-state index contributed by atoms with van der Waals surface area (Å²) in [5.74, 6) is 0.441. The first-order valence-corrected chi connectivity index (χ1v) is 11.2. The molecule has 0 bridgehead atoms. The van der Waals surface area contributed by atoms with E-state index in [1.165, 1.54) is 23.3 Å². The van der Waals surface area contributed by atoms with Gasteiger partial charge in [-0.2, -0.15) is 0 Å². The molecule has 1 aliphatic rings. The summed E-state index contributed by atoms with van der Waals surface area (Å²) in [6.45, 7) is 10.5. The molecule has 1 aliphatic heterocycles. The lowest BCUT2D eigenvalue weighted by molar-refractivity contribution is -0.135. The van der Waals surface area contributed by atoms with Gasteiger partial charge in [0.1, 0.15) is 5.82 Å². The number of halogens is 1. The Bertz CT molecular complexity index is 835. The quantitative estimate of drug-likeness (QED) is 0.593. The van der Waals surface area contributed by atoms with Gasteiger partial charge in [-0.05, 0) is 36.1 Å². The third-order valence-electron chi connectivity index (χ3n) is 6.17. The highest BCUT2D eigenvalue weighted by Gasteiger charge is 2.36. The van der Waals surface area contributed by atoms with Crippen molar-refractivity contribution in [3.63, 3.8) is 0 Å². The zero-order valence-corrected chi connectivity index (χ0v) is 19.2. The molecule has 0 spiro atoms. The minimum absolute atomic E-state index is 0.0498. The van der Waals surface area contributed by atoms with Gasteiger partial charge in [0, 0.05) is 51.7 Å². The summed E-state index contributed by atoms with van der Waals surface area (Å²) in [4.78, 5) is 17.2. The average Bonchev–Trinajstić information content (AvgIpc) is 3.14. The second-order valence-corrected chi connectivity index (χ2v) is 9.03. The topological polar surface area (TPSA) is 32.8 Å². The van der Waals surface area contributed by atoms with E-state index in [9.17, 15) is 9.18 Å². The molecule has 168 valence electrons. The number of methoxy groups -OCH3 is 1. The van der Waals surface area contributed by atoms with Crippen LogP contribution in [0.5, 0.6) is 0 Å².